The van der Waals surface area contributed by atoms with Crippen LogP contribution in [0.2, 0.25) is 0 Å². The highest BCUT2D eigenvalue weighted by Crippen LogP contribution is 2.34. The molecule has 0 aromatic heterocycles. The molecule has 2 aromatic rings. The zero-order valence-corrected chi connectivity index (χ0v) is 12.5. The summed E-state index contributed by atoms with van der Waals surface area (Å²) in [5, 5.41) is 2.74. The Bertz CT molecular complexity index is 563. The molecule has 0 heteroatoms. The lowest BCUT2D eigenvalue weighted by Gasteiger charge is -2.26. The summed E-state index contributed by atoms with van der Waals surface area (Å²) in [6, 6.07) is 13.4. The molecule has 0 aliphatic rings. The number of rotatable bonds is 0. The Labute approximate surface area is 111 Å². The van der Waals surface area contributed by atoms with Crippen molar-refractivity contribution in [3.8, 4) is 0 Å². The van der Waals surface area contributed by atoms with Gasteiger partial charge in [-0.25, -0.2) is 0 Å². The van der Waals surface area contributed by atoms with Gasteiger partial charge < -0.3 is 0 Å². The lowest BCUT2D eigenvalue weighted by Crippen LogP contribution is -2.16. The van der Waals surface area contributed by atoms with Crippen molar-refractivity contribution in [2.45, 2.75) is 52.4 Å². The molecule has 0 aliphatic carbocycles. The maximum atomic E-state index is 2.39. The van der Waals surface area contributed by atoms with Gasteiger partial charge in [-0.2, -0.15) is 0 Å². The molecule has 0 radical (unpaired) electrons. The first-order chi connectivity index (χ1) is 8.19. The molecule has 0 spiro atoms. The van der Waals surface area contributed by atoms with Gasteiger partial charge in [0.2, 0.25) is 0 Å². The molecule has 96 valence electrons. The molecule has 0 amide bonds. The fourth-order valence-electron chi connectivity index (χ4n) is 2.36. The Kier molecular flexibility index (Phi) is 3.01. The van der Waals surface area contributed by atoms with Gasteiger partial charge >= 0.3 is 0 Å². The van der Waals surface area contributed by atoms with Crippen molar-refractivity contribution in [3.05, 3.63) is 47.5 Å². The van der Waals surface area contributed by atoms with E-state index < -0.39 is 0 Å². The summed E-state index contributed by atoms with van der Waals surface area (Å²) in [6.45, 7) is 13.7. The van der Waals surface area contributed by atoms with Gasteiger partial charge in [0.15, 0.2) is 0 Å². The maximum absolute atomic E-state index is 2.39. The van der Waals surface area contributed by atoms with Crippen molar-refractivity contribution in [2.75, 3.05) is 0 Å². The number of hydrogen-bond donors (Lipinski definition) is 0. The third kappa shape index (κ3) is 2.43. The van der Waals surface area contributed by atoms with Crippen molar-refractivity contribution in [2.24, 2.45) is 0 Å². The molecule has 0 bridgehead atoms. The minimum atomic E-state index is 0.181. The van der Waals surface area contributed by atoms with Crippen LogP contribution in [0.5, 0.6) is 0 Å². The van der Waals surface area contributed by atoms with Crippen molar-refractivity contribution < 1.29 is 0 Å². The molecule has 2 aromatic carbocycles. The van der Waals surface area contributed by atoms with Crippen LogP contribution in [0.25, 0.3) is 10.8 Å². The van der Waals surface area contributed by atoms with Crippen LogP contribution >= 0.6 is 0 Å². The molecule has 0 N–H and O–H groups in total. The zero-order chi connectivity index (χ0) is 13.6. The summed E-state index contributed by atoms with van der Waals surface area (Å²) in [5.41, 5.74) is 3.25. The topological polar surface area (TPSA) is 0 Å². The Hall–Kier alpha value is -1.30. The van der Waals surface area contributed by atoms with Gasteiger partial charge in [0, 0.05) is 0 Å². The Morgan fingerprint density at radius 1 is 0.722 bits per heavy atom. The predicted octanol–water partition coefficient (Wildman–Crippen LogP) is 5.43. The summed E-state index contributed by atoms with van der Waals surface area (Å²) in [7, 11) is 0. The minimum Gasteiger partial charge on any atom is -0.0616 e. The van der Waals surface area contributed by atoms with Crippen LogP contribution in [-0.2, 0) is 10.8 Å². The second kappa shape index (κ2) is 4.12. The summed E-state index contributed by atoms with van der Waals surface area (Å²) in [6.07, 6.45) is 0. The molecule has 0 heterocycles. The maximum Gasteiger partial charge on any atom is -0.0126 e. The molecule has 0 aliphatic heterocycles. The second-order valence-electron chi connectivity index (χ2n) is 7.24. The van der Waals surface area contributed by atoms with Gasteiger partial charge in [0.05, 0.1) is 0 Å². The number of hydrogen-bond acceptors (Lipinski definition) is 0. The molecule has 0 fully saturated rings. The number of fused-ring (bicyclic) bond motifs is 1. The van der Waals surface area contributed by atoms with E-state index in [1.807, 2.05) is 0 Å². The average molecular weight is 240 g/mol. The fourth-order valence-corrected chi connectivity index (χ4v) is 2.36. The van der Waals surface area contributed by atoms with Crippen molar-refractivity contribution in [3.63, 3.8) is 0 Å². The first-order valence-electron chi connectivity index (χ1n) is 6.73. The van der Waals surface area contributed by atoms with Crippen LogP contribution in [0, 0.1) is 0 Å². The standard InChI is InChI=1S/C18H24/c1-17(2,3)14-11-13-9-7-8-10-15(13)16(12-14)18(4,5)6/h7-12H,1-6H3. The zero-order valence-electron chi connectivity index (χ0n) is 12.5. The molecular formula is C18H24. The predicted molar refractivity (Wildman–Crippen MR) is 81.3 cm³/mol. The summed E-state index contributed by atoms with van der Waals surface area (Å²) in [5.74, 6) is 0. The van der Waals surface area contributed by atoms with E-state index >= 15 is 0 Å². The molecule has 18 heavy (non-hydrogen) atoms. The van der Waals surface area contributed by atoms with E-state index in [9.17, 15) is 0 Å². The Balaban J connectivity index is 2.81. The molecule has 2 rings (SSSR count). The van der Waals surface area contributed by atoms with E-state index in [1.54, 1.807) is 0 Å². The molecular weight excluding hydrogens is 216 g/mol. The quantitative estimate of drug-likeness (QED) is 0.575. The molecule has 0 unspecified atom stereocenters. The van der Waals surface area contributed by atoms with Crippen LogP contribution in [0.4, 0.5) is 0 Å². The Morgan fingerprint density at radius 2 is 1.33 bits per heavy atom. The van der Waals surface area contributed by atoms with Crippen LogP contribution in [0.3, 0.4) is 0 Å². The summed E-state index contributed by atoms with van der Waals surface area (Å²) >= 11 is 0. The molecule has 0 nitrogen and oxygen atoms in total. The molecule has 0 saturated heterocycles. The lowest BCUT2D eigenvalue weighted by molar-refractivity contribution is 0.573. The largest absolute Gasteiger partial charge is 0.0616 e. The number of benzene rings is 2. The first kappa shape index (κ1) is 13.1. The molecule has 0 saturated carbocycles. The second-order valence-corrected chi connectivity index (χ2v) is 7.24. The summed E-state index contributed by atoms with van der Waals surface area (Å²) in [4.78, 5) is 0. The van der Waals surface area contributed by atoms with Crippen LogP contribution in [0.1, 0.15) is 52.7 Å². The monoisotopic (exact) mass is 240 g/mol. The van der Waals surface area contributed by atoms with Gasteiger partial charge in [-0.05, 0) is 32.7 Å². The van der Waals surface area contributed by atoms with Gasteiger partial charge in [-0.3, -0.25) is 0 Å². The van der Waals surface area contributed by atoms with E-state index in [0.29, 0.717) is 0 Å². The average Bonchev–Trinajstić information content (AvgIpc) is 2.25. The highest BCUT2D eigenvalue weighted by Gasteiger charge is 2.21. The van der Waals surface area contributed by atoms with Gasteiger partial charge in [-0.15, -0.1) is 0 Å². The molecule has 0 atom stereocenters. The van der Waals surface area contributed by atoms with Gasteiger partial charge in [0.1, 0.15) is 0 Å². The third-order valence-electron chi connectivity index (χ3n) is 3.54. The highest BCUT2D eigenvalue weighted by atomic mass is 14.3. The fraction of sp³-hybridized carbons (Fsp3) is 0.444. The van der Waals surface area contributed by atoms with E-state index in [-0.39, 0.29) is 10.8 Å². The van der Waals surface area contributed by atoms with Gasteiger partial charge in [-0.1, -0.05) is 77.9 Å². The van der Waals surface area contributed by atoms with Crippen LogP contribution in [0.15, 0.2) is 36.4 Å². The normalized spacial score (nSPS) is 13.0. The first-order valence-corrected chi connectivity index (χ1v) is 6.73. The van der Waals surface area contributed by atoms with E-state index in [4.69, 9.17) is 0 Å². The van der Waals surface area contributed by atoms with Gasteiger partial charge in [0.25, 0.3) is 0 Å². The summed E-state index contributed by atoms with van der Waals surface area (Å²) < 4.78 is 0. The Morgan fingerprint density at radius 3 is 1.89 bits per heavy atom. The highest BCUT2D eigenvalue weighted by molar-refractivity contribution is 5.87. The third-order valence-corrected chi connectivity index (χ3v) is 3.54. The van der Waals surface area contributed by atoms with Crippen LogP contribution in [-0.4, -0.2) is 0 Å². The smallest absolute Gasteiger partial charge is 0.0126 e. The van der Waals surface area contributed by atoms with Crippen molar-refractivity contribution in [1.82, 2.24) is 0 Å². The van der Waals surface area contributed by atoms with Crippen molar-refractivity contribution in [1.29, 1.82) is 0 Å². The van der Waals surface area contributed by atoms with E-state index in [1.165, 1.54) is 21.9 Å². The van der Waals surface area contributed by atoms with E-state index in [2.05, 4.69) is 77.9 Å². The lowest BCUT2D eigenvalue weighted by atomic mass is 9.78. The van der Waals surface area contributed by atoms with Crippen molar-refractivity contribution >= 4 is 10.8 Å². The van der Waals surface area contributed by atoms with E-state index in [0.717, 1.165) is 0 Å². The minimum absolute atomic E-state index is 0.181. The van der Waals surface area contributed by atoms with Crippen LogP contribution < -0.4 is 0 Å². The SMILES string of the molecule is CC(C)(C)c1cc(C(C)(C)C)c2ccccc2c1.